The van der Waals surface area contributed by atoms with E-state index in [-0.39, 0.29) is 23.9 Å². The van der Waals surface area contributed by atoms with Gasteiger partial charge in [0.2, 0.25) is 5.91 Å². The fourth-order valence-corrected chi connectivity index (χ4v) is 3.30. The number of rotatable bonds is 3. The predicted octanol–water partition coefficient (Wildman–Crippen LogP) is 1.35. The fraction of sp³-hybridized carbons (Fsp3) is 0.438. The summed E-state index contributed by atoms with van der Waals surface area (Å²) in [5.41, 5.74) is 1.47. The summed E-state index contributed by atoms with van der Waals surface area (Å²) in [6.07, 6.45) is 5.12. The number of aromatic nitrogens is 2. The van der Waals surface area contributed by atoms with Crippen LogP contribution in [0.2, 0.25) is 0 Å². The van der Waals surface area contributed by atoms with E-state index in [1.54, 1.807) is 12.3 Å². The van der Waals surface area contributed by atoms with Crippen molar-refractivity contribution in [2.45, 2.75) is 37.8 Å². The highest BCUT2D eigenvalue weighted by molar-refractivity contribution is 6.06. The van der Waals surface area contributed by atoms with Crippen molar-refractivity contribution < 1.29 is 9.59 Å². The molecular weight excluding hydrogens is 280 g/mol. The molecule has 1 saturated heterocycles. The zero-order valence-corrected chi connectivity index (χ0v) is 12.1. The summed E-state index contributed by atoms with van der Waals surface area (Å²) in [5.74, 6) is 0.511. The van der Waals surface area contributed by atoms with Crippen LogP contribution in [0.4, 0.5) is 0 Å². The van der Waals surface area contributed by atoms with Crippen molar-refractivity contribution in [2.75, 3.05) is 0 Å². The third kappa shape index (κ3) is 2.34. The van der Waals surface area contributed by atoms with E-state index >= 15 is 0 Å². The molecule has 2 aromatic rings. The van der Waals surface area contributed by atoms with Gasteiger partial charge >= 0.3 is 0 Å². The predicted molar refractivity (Wildman–Crippen MR) is 81.2 cm³/mol. The van der Waals surface area contributed by atoms with Crippen molar-refractivity contribution in [3.8, 4) is 0 Å². The van der Waals surface area contributed by atoms with E-state index in [4.69, 9.17) is 0 Å². The van der Waals surface area contributed by atoms with Gasteiger partial charge in [0.05, 0.1) is 29.4 Å². The van der Waals surface area contributed by atoms with E-state index in [9.17, 15) is 9.59 Å². The normalized spacial score (nSPS) is 25.0. The quantitative estimate of drug-likeness (QED) is 0.799. The highest BCUT2D eigenvalue weighted by atomic mass is 16.2. The Hall–Kier alpha value is -2.37. The molecule has 0 radical (unpaired) electrons. The lowest BCUT2D eigenvalue weighted by molar-refractivity contribution is -0.124. The van der Waals surface area contributed by atoms with Gasteiger partial charge in [-0.05, 0) is 37.3 Å². The smallest absolute Gasteiger partial charge is 0.252 e. The van der Waals surface area contributed by atoms with Crippen LogP contribution in [0, 0.1) is 5.92 Å². The van der Waals surface area contributed by atoms with Gasteiger partial charge in [0.1, 0.15) is 0 Å². The second-order valence-electron chi connectivity index (χ2n) is 6.19. The Morgan fingerprint density at radius 3 is 2.95 bits per heavy atom. The van der Waals surface area contributed by atoms with Gasteiger partial charge in [-0.15, -0.1) is 0 Å². The van der Waals surface area contributed by atoms with Crippen LogP contribution in [0.1, 0.15) is 36.0 Å². The molecule has 1 aromatic carbocycles. The number of amides is 2. The van der Waals surface area contributed by atoms with Crippen LogP contribution >= 0.6 is 0 Å². The molecule has 2 aliphatic rings. The molecule has 1 aliphatic carbocycles. The molecule has 6 heteroatoms. The van der Waals surface area contributed by atoms with Crippen LogP contribution < -0.4 is 10.6 Å². The van der Waals surface area contributed by atoms with Crippen molar-refractivity contribution in [1.82, 2.24) is 20.8 Å². The molecule has 2 atom stereocenters. The van der Waals surface area contributed by atoms with Crippen molar-refractivity contribution in [1.29, 1.82) is 0 Å². The largest absolute Gasteiger partial charge is 0.351 e. The highest BCUT2D eigenvalue weighted by Gasteiger charge is 2.40. The average Bonchev–Trinajstić information content (AvgIpc) is 3.25. The van der Waals surface area contributed by atoms with Gasteiger partial charge in [-0.3, -0.25) is 14.7 Å². The van der Waals surface area contributed by atoms with Crippen LogP contribution in [-0.4, -0.2) is 34.1 Å². The molecule has 4 rings (SSSR count). The van der Waals surface area contributed by atoms with Crippen LogP contribution in [-0.2, 0) is 4.79 Å². The molecule has 2 heterocycles. The first kappa shape index (κ1) is 13.3. The maximum Gasteiger partial charge on any atom is 0.252 e. The number of aromatic amines is 1. The van der Waals surface area contributed by atoms with Crippen LogP contribution in [0.15, 0.2) is 24.4 Å². The van der Waals surface area contributed by atoms with E-state index in [1.165, 1.54) is 0 Å². The second kappa shape index (κ2) is 5.12. The summed E-state index contributed by atoms with van der Waals surface area (Å²) >= 11 is 0. The second-order valence-corrected chi connectivity index (χ2v) is 6.19. The fourth-order valence-electron chi connectivity index (χ4n) is 3.30. The molecule has 22 heavy (non-hydrogen) atoms. The van der Waals surface area contributed by atoms with Crippen LogP contribution in [0.25, 0.3) is 10.9 Å². The summed E-state index contributed by atoms with van der Waals surface area (Å²) in [4.78, 5) is 24.2. The summed E-state index contributed by atoms with van der Waals surface area (Å²) in [6.45, 7) is 0. The third-order valence-electron chi connectivity index (χ3n) is 4.62. The van der Waals surface area contributed by atoms with Gasteiger partial charge < -0.3 is 10.6 Å². The number of hydrogen-bond donors (Lipinski definition) is 3. The van der Waals surface area contributed by atoms with E-state index in [1.807, 2.05) is 12.1 Å². The number of piperidine rings is 1. The molecule has 0 spiro atoms. The summed E-state index contributed by atoms with van der Waals surface area (Å²) in [6, 6.07) is 5.64. The Kier molecular flexibility index (Phi) is 3.10. The summed E-state index contributed by atoms with van der Waals surface area (Å²) in [7, 11) is 0. The topological polar surface area (TPSA) is 86.9 Å². The maximum absolute atomic E-state index is 12.6. The van der Waals surface area contributed by atoms with Gasteiger partial charge in [0, 0.05) is 11.8 Å². The maximum atomic E-state index is 12.6. The Morgan fingerprint density at radius 2 is 2.14 bits per heavy atom. The highest BCUT2D eigenvalue weighted by Crippen LogP contribution is 2.36. The standard InChI is InChI=1S/C16H18N4O2/c21-14-7-6-13(15(19-14)9-4-5-9)18-16(22)10-2-1-3-12-11(10)8-17-20-12/h1-3,8-9,13,15H,4-7H2,(H,17,20)(H,18,22)(H,19,21)/t13-,15+/m1/s1. The van der Waals surface area contributed by atoms with Crippen molar-refractivity contribution in [3.05, 3.63) is 30.0 Å². The molecule has 3 N–H and O–H groups in total. The molecule has 2 fully saturated rings. The van der Waals surface area contributed by atoms with Gasteiger partial charge in [-0.1, -0.05) is 6.07 Å². The number of benzene rings is 1. The lowest BCUT2D eigenvalue weighted by Gasteiger charge is -2.33. The molecular formula is C16H18N4O2. The van der Waals surface area contributed by atoms with Gasteiger partial charge in [-0.2, -0.15) is 5.10 Å². The number of carbonyl (C=O) groups is 2. The van der Waals surface area contributed by atoms with Crippen molar-refractivity contribution in [2.24, 2.45) is 5.92 Å². The zero-order chi connectivity index (χ0) is 15.1. The minimum atomic E-state index is -0.0983. The zero-order valence-electron chi connectivity index (χ0n) is 12.1. The third-order valence-corrected chi connectivity index (χ3v) is 4.62. The molecule has 1 aromatic heterocycles. The lowest BCUT2D eigenvalue weighted by Crippen LogP contribution is -2.56. The minimum absolute atomic E-state index is 0.0138. The lowest BCUT2D eigenvalue weighted by atomic mass is 9.93. The summed E-state index contributed by atoms with van der Waals surface area (Å²) in [5, 5.41) is 13.8. The monoisotopic (exact) mass is 298 g/mol. The first-order valence-electron chi connectivity index (χ1n) is 7.75. The molecule has 2 amide bonds. The Labute approximate surface area is 127 Å². The average molecular weight is 298 g/mol. The van der Waals surface area contributed by atoms with Crippen LogP contribution in [0.5, 0.6) is 0 Å². The molecule has 0 unspecified atom stereocenters. The summed E-state index contributed by atoms with van der Waals surface area (Å²) < 4.78 is 0. The molecule has 1 aliphatic heterocycles. The molecule has 1 saturated carbocycles. The number of hydrogen-bond acceptors (Lipinski definition) is 3. The van der Waals surface area contributed by atoms with E-state index in [2.05, 4.69) is 20.8 Å². The Morgan fingerprint density at radius 1 is 1.27 bits per heavy atom. The van der Waals surface area contributed by atoms with E-state index in [0.29, 0.717) is 24.3 Å². The number of carbonyl (C=O) groups excluding carboxylic acids is 2. The van der Waals surface area contributed by atoms with Gasteiger partial charge in [0.25, 0.3) is 5.91 Å². The number of fused-ring (bicyclic) bond motifs is 1. The number of nitrogens with zero attached hydrogens (tertiary/aromatic N) is 1. The SMILES string of the molecule is O=C1CC[C@@H](NC(=O)c2cccc3[nH]ncc23)[C@H](C2CC2)N1. The van der Waals surface area contributed by atoms with E-state index < -0.39 is 0 Å². The van der Waals surface area contributed by atoms with Crippen molar-refractivity contribution >= 4 is 22.7 Å². The van der Waals surface area contributed by atoms with Gasteiger partial charge in [0.15, 0.2) is 0 Å². The molecule has 0 bridgehead atoms. The molecule has 6 nitrogen and oxygen atoms in total. The van der Waals surface area contributed by atoms with Crippen LogP contribution in [0.3, 0.4) is 0 Å². The molecule has 114 valence electrons. The van der Waals surface area contributed by atoms with E-state index in [0.717, 1.165) is 23.7 Å². The first-order chi connectivity index (χ1) is 10.7. The Balaban J connectivity index is 1.55. The minimum Gasteiger partial charge on any atom is -0.351 e. The van der Waals surface area contributed by atoms with Gasteiger partial charge in [-0.25, -0.2) is 0 Å². The first-order valence-corrected chi connectivity index (χ1v) is 7.75. The number of H-pyrrole nitrogens is 1. The number of nitrogens with one attached hydrogen (secondary N) is 3. The van der Waals surface area contributed by atoms with Crippen molar-refractivity contribution in [3.63, 3.8) is 0 Å². The Bertz CT molecular complexity index is 735.